The Bertz CT molecular complexity index is 2100. The highest BCUT2D eigenvalue weighted by Gasteiger charge is 2.41. The molecule has 0 radical (unpaired) electrons. The summed E-state index contributed by atoms with van der Waals surface area (Å²) >= 11 is 0. The van der Waals surface area contributed by atoms with Gasteiger partial charge in [-0.25, -0.2) is 15.0 Å². The number of aromatic nitrogens is 3. The van der Waals surface area contributed by atoms with Gasteiger partial charge in [0.25, 0.3) is 0 Å². The van der Waals surface area contributed by atoms with Crippen molar-refractivity contribution >= 4 is 0 Å². The monoisotopic (exact) mass is 587 g/mol. The molecule has 220 valence electrons. The summed E-state index contributed by atoms with van der Waals surface area (Å²) in [6.07, 6.45) is 1.10. The van der Waals surface area contributed by atoms with Gasteiger partial charge in [-0.1, -0.05) is 100 Å². The Hall–Kier alpha value is -5.29. The Balaban J connectivity index is 1.27. The number of hydrogen-bond acceptors (Lipinski definition) is 5. The molecule has 1 aromatic heterocycles. The number of benzene rings is 5. The fourth-order valence-corrected chi connectivity index (χ4v) is 7.03. The fraction of sp³-hybridized carbons (Fsp3) is 0.175. The molecular weight excluding hydrogens is 554 g/mol. The minimum Gasteiger partial charge on any atom is -0.450 e. The predicted molar refractivity (Wildman–Crippen MR) is 179 cm³/mol. The van der Waals surface area contributed by atoms with Crippen LogP contribution in [0.5, 0.6) is 23.0 Å². The van der Waals surface area contributed by atoms with Gasteiger partial charge in [0.2, 0.25) is 0 Å². The van der Waals surface area contributed by atoms with E-state index in [1.165, 1.54) is 11.1 Å². The second kappa shape index (κ2) is 10.1. The second-order valence-corrected chi connectivity index (χ2v) is 13.3. The third-order valence-corrected chi connectivity index (χ3v) is 8.97. The van der Waals surface area contributed by atoms with Crippen LogP contribution in [0.4, 0.5) is 0 Å². The Morgan fingerprint density at radius 2 is 0.933 bits per heavy atom. The molecule has 0 fully saturated rings. The number of ether oxygens (including phenoxy) is 2. The largest absolute Gasteiger partial charge is 0.450 e. The molecule has 8 rings (SSSR count). The molecule has 5 heteroatoms. The minimum atomic E-state index is 0.0592. The predicted octanol–water partition coefficient (Wildman–Crippen LogP) is 10.4. The van der Waals surface area contributed by atoms with Crippen molar-refractivity contribution in [2.24, 2.45) is 0 Å². The molecular formula is C40H33N3O2. The SMILES string of the molecule is CC1(C)CC(C)(C)c2cc(-c3nc(-c4cccc(-c5ccccc5)c4)nc(-c4ccc5c(c4)Oc4ccccc4O5)n3)ccc21. The first kappa shape index (κ1) is 27.3. The van der Waals surface area contributed by atoms with Gasteiger partial charge in [0.1, 0.15) is 0 Å². The molecule has 6 aromatic rings. The summed E-state index contributed by atoms with van der Waals surface area (Å²) in [5.74, 6) is 4.50. The molecule has 2 heterocycles. The number of nitrogens with zero attached hydrogens (tertiary/aromatic N) is 3. The third kappa shape index (κ3) is 4.85. The summed E-state index contributed by atoms with van der Waals surface area (Å²) in [5.41, 5.74) is 7.92. The van der Waals surface area contributed by atoms with Crippen LogP contribution >= 0.6 is 0 Å². The van der Waals surface area contributed by atoms with Crippen molar-refractivity contribution in [1.29, 1.82) is 0 Å². The van der Waals surface area contributed by atoms with E-state index in [2.05, 4.69) is 94.4 Å². The second-order valence-electron chi connectivity index (χ2n) is 13.3. The molecule has 1 aliphatic heterocycles. The fourth-order valence-electron chi connectivity index (χ4n) is 7.03. The molecule has 5 nitrogen and oxygen atoms in total. The minimum absolute atomic E-state index is 0.0592. The third-order valence-electron chi connectivity index (χ3n) is 8.97. The van der Waals surface area contributed by atoms with Gasteiger partial charge in [0, 0.05) is 16.7 Å². The summed E-state index contributed by atoms with van der Waals surface area (Å²) in [4.78, 5) is 15.2. The van der Waals surface area contributed by atoms with Gasteiger partial charge in [-0.15, -0.1) is 0 Å². The van der Waals surface area contributed by atoms with E-state index in [1.54, 1.807) is 0 Å². The maximum absolute atomic E-state index is 6.23. The zero-order valence-electron chi connectivity index (χ0n) is 25.8. The highest BCUT2D eigenvalue weighted by atomic mass is 16.6. The standard InChI is InChI=1S/C40H33N3O2/c1-39(2)24-40(3,4)31-22-28(17-19-30(31)39)37-41-36(27-14-10-13-26(21-27)25-11-6-5-7-12-25)42-38(43-37)29-18-20-34-35(23-29)45-33-16-9-8-15-32(33)44-34/h5-23H,24H2,1-4H3. The van der Waals surface area contributed by atoms with Gasteiger partial charge in [0.15, 0.2) is 40.5 Å². The molecule has 1 aliphatic carbocycles. The van der Waals surface area contributed by atoms with E-state index in [-0.39, 0.29) is 10.8 Å². The zero-order chi connectivity index (χ0) is 30.8. The number of hydrogen-bond donors (Lipinski definition) is 0. The Morgan fingerprint density at radius 3 is 1.64 bits per heavy atom. The zero-order valence-corrected chi connectivity index (χ0v) is 25.8. The normalized spacial score (nSPS) is 15.3. The van der Waals surface area contributed by atoms with E-state index >= 15 is 0 Å². The lowest BCUT2D eigenvalue weighted by Gasteiger charge is -2.22. The summed E-state index contributed by atoms with van der Waals surface area (Å²) in [5, 5.41) is 0. The topological polar surface area (TPSA) is 57.1 Å². The van der Waals surface area contributed by atoms with Gasteiger partial charge >= 0.3 is 0 Å². The molecule has 0 saturated carbocycles. The van der Waals surface area contributed by atoms with Crippen molar-refractivity contribution in [3.63, 3.8) is 0 Å². The summed E-state index contributed by atoms with van der Waals surface area (Å²) in [7, 11) is 0. The van der Waals surface area contributed by atoms with Crippen molar-refractivity contribution in [1.82, 2.24) is 15.0 Å². The first-order valence-corrected chi connectivity index (χ1v) is 15.4. The van der Waals surface area contributed by atoms with Crippen molar-refractivity contribution in [3.05, 3.63) is 126 Å². The van der Waals surface area contributed by atoms with Gasteiger partial charge in [-0.3, -0.25) is 0 Å². The lowest BCUT2D eigenvalue weighted by Crippen LogP contribution is -2.17. The molecule has 5 aromatic carbocycles. The number of rotatable bonds is 4. The van der Waals surface area contributed by atoms with Crippen molar-refractivity contribution < 1.29 is 9.47 Å². The van der Waals surface area contributed by atoms with Gasteiger partial charge < -0.3 is 9.47 Å². The maximum atomic E-state index is 6.23. The summed E-state index contributed by atoms with van der Waals surface area (Å²) in [6, 6.07) is 39.0. The Labute approximate surface area is 263 Å². The van der Waals surface area contributed by atoms with Crippen LogP contribution in [-0.4, -0.2) is 15.0 Å². The number of fused-ring (bicyclic) bond motifs is 3. The highest BCUT2D eigenvalue weighted by molar-refractivity contribution is 5.73. The van der Waals surface area contributed by atoms with E-state index < -0.39 is 0 Å². The quantitative estimate of drug-likeness (QED) is 0.205. The molecule has 0 amide bonds. The van der Waals surface area contributed by atoms with E-state index in [9.17, 15) is 0 Å². The first-order valence-electron chi connectivity index (χ1n) is 15.4. The van der Waals surface area contributed by atoms with Crippen LogP contribution < -0.4 is 9.47 Å². The first-order chi connectivity index (χ1) is 21.7. The van der Waals surface area contributed by atoms with Crippen molar-refractivity contribution in [2.45, 2.75) is 44.9 Å². The van der Waals surface area contributed by atoms with Gasteiger partial charge in [0.05, 0.1) is 0 Å². The molecule has 0 saturated heterocycles. The van der Waals surface area contributed by atoms with Crippen LogP contribution in [-0.2, 0) is 10.8 Å². The lowest BCUT2D eigenvalue weighted by molar-refractivity contribution is 0.360. The highest BCUT2D eigenvalue weighted by Crippen LogP contribution is 2.50. The summed E-state index contributed by atoms with van der Waals surface area (Å²) in [6.45, 7) is 9.33. The van der Waals surface area contributed by atoms with Crippen LogP contribution in [0.3, 0.4) is 0 Å². The van der Waals surface area contributed by atoms with Crippen LogP contribution in [0.15, 0.2) is 115 Å². The average molecular weight is 588 g/mol. The van der Waals surface area contributed by atoms with Crippen LogP contribution in [0.1, 0.15) is 45.2 Å². The molecule has 0 unspecified atom stereocenters. The Kier molecular flexibility index (Phi) is 6.14. The van der Waals surface area contributed by atoms with Crippen LogP contribution in [0, 0.1) is 0 Å². The average Bonchev–Trinajstić information content (AvgIpc) is 3.26. The number of para-hydroxylation sites is 2. The van der Waals surface area contributed by atoms with Gasteiger partial charge in [-0.2, -0.15) is 0 Å². The van der Waals surface area contributed by atoms with Crippen LogP contribution in [0.2, 0.25) is 0 Å². The smallest absolute Gasteiger partial charge is 0.170 e. The molecule has 2 aliphatic rings. The molecule has 0 spiro atoms. The van der Waals surface area contributed by atoms with Crippen LogP contribution in [0.25, 0.3) is 45.3 Å². The molecule has 0 bridgehead atoms. The van der Waals surface area contributed by atoms with Crippen molar-refractivity contribution in [3.8, 4) is 68.3 Å². The van der Waals surface area contributed by atoms with E-state index in [4.69, 9.17) is 24.4 Å². The van der Waals surface area contributed by atoms with E-state index in [0.29, 0.717) is 40.5 Å². The lowest BCUT2D eigenvalue weighted by atomic mass is 9.82. The van der Waals surface area contributed by atoms with E-state index in [1.807, 2.05) is 48.5 Å². The molecule has 0 atom stereocenters. The molecule has 45 heavy (non-hydrogen) atoms. The van der Waals surface area contributed by atoms with Crippen molar-refractivity contribution in [2.75, 3.05) is 0 Å². The van der Waals surface area contributed by atoms with Gasteiger partial charge in [-0.05, 0) is 82.0 Å². The Morgan fingerprint density at radius 1 is 0.422 bits per heavy atom. The summed E-state index contributed by atoms with van der Waals surface area (Å²) < 4.78 is 12.3. The van der Waals surface area contributed by atoms with E-state index in [0.717, 1.165) is 34.2 Å². The maximum Gasteiger partial charge on any atom is 0.170 e. The molecule has 0 N–H and O–H groups in total.